The molecule has 0 heterocycles. The number of nitrogens with zero attached hydrogens (tertiary/aromatic N) is 2. The Labute approximate surface area is 245 Å². The quantitative estimate of drug-likeness (QED) is 0.294. The molecule has 0 radical (unpaired) electrons. The second-order valence-corrected chi connectivity index (χ2v) is 12.4. The van der Waals surface area contributed by atoms with E-state index in [1.54, 1.807) is 43.3 Å². The van der Waals surface area contributed by atoms with E-state index in [0.717, 1.165) is 26.3 Å². The van der Waals surface area contributed by atoms with Crippen LogP contribution in [0.25, 0.3) is 0 Å². The van der Waals surface area contributed by atoms with Gasteiger partial charge in [-0.1, -0.05) is 52.7 Å². The van der Waals surface area contributed by atoms with Crippen LogP contribution in [0.4, 0.5) is 5.69 Å². The molecule has 3 aromatic rings. The van der Waals surface area contributed by atoms with Crippen LogP contribution in [0.1, 0.15) is 38.3 Å². The lowest BCUT2D eigenvalue weighted by Gasteiger charge is -2.32. The molecular formula is C30H36BrN3O5S. The summed E-state index contributed by atoms with van der Waals surface area (Å²) in [5.74, 6) is -0.275. The first-order valence-electron chi connectivity index (χ1n) is 13.0. The van der Waals surface area contributed by atoms with Crippen molar-refractivity contribution in [1.29, 1.82) is 0 Å². The summed E-state index contributed by atoms with van der Waals surface area (Å²) in [5.41, 5.74) is 2.00. The number of anilines is 1. The lowest BCUT2D eigenvalue weighted by molar-refractivity contribution is -0.139. The van der Waals surface area contributed by atoms with Crippen molar-refractivity contribution in [2.24, 2.45) is 0 Å². The van der Waals surface area contributed by atoms with Crippen LogP contribution in [0.15, 0.2) is 82.2 Å². The number of rotatable bonds is 12. The number of hydrogen-bond donors (Lipinski definition) is 1. The van der Waals surface area contributed by atoms with Gasteiger partial charge in [-0.05, 0) is 81.3 Å². The summed E-state index contributed by atoms with van der Waals surface area (Å²) in [5, 5.41) is 2.93. The fourth-order valence-electron chi connectivity index (χ4n) is 3.99. The number of hydrogen-bond acceptors (Lipinski definition) is 5. The molecule has 0 spiro atoms. The Morgan fingerprint density at radius 2 is 1.65 bits per heavy atom. The van der Waals surface area contributed by atoms with Crippen LogP contribution < -0.4 is 14.4 Å². The molecule has 0 aromatic heterocycles. The maximum Gasteiger partial charge on any atom is 0.264 e. The molecule has 0 aliphatic heterocycles. The molecule has 0 aliphatic rings. The molecular weight excluding hydrogens is 594 g/mol. The molecule has 0 bridgehead atoms. The van der Waals surface area contributed by atoms with E-state index in [9.17, 15) is 18.0 Å². The predicted molar refractivity (Wildman–Crippen MR) is 161 cm³/mol. The fraction of sp³-hybridized carbons (Fsp3) is 0.333. The summed E-state index contributed by atoms with van der Waals surface area (Å²) in [7, 11) is -2.61. The molecule has 2 amide bonds. The van der Waals surface area contributed by atoms with Crippen molar-refractivity contribution in [2.45, 2.75) is 57.6 Å². The molecule has 1 N–H and O–H groups in total. The van der Waals surface area contributed by atoms with E-state index in [4.69, 9.17) is 4.74 Å². The van der Waals surface area contributed by atoms with Crippen molar-refractivity contribution < 1.29 is 22.7 Å². The van der Waals surface area contributed by atoms with Crippen molar-refractivity contribution in [3.63, 3.8) is 0 Å². The number of benzene rings is 3. The van der Waals surface area contributed by atoms with Crippen LogP contribution in [-0.2, 0) is 26.2 Å². The van der Waals surface area contributed by atoms with Gasteiger partial charge < -0.3 is 15.0 Å². The van der Waals surface area contributed by atoms with Gasteiger partial charge in [-0.25, -0.2) is 8.42 Å². The van der Waals surface area contributed by atoms with Gasteiger partial charge in [0.2, 0.25) is 11.8 Å². The van der Waals surface area contributed by atoms with Crippen molar-refractivity contribution in [3.05, 3.63) is 88.4 Å². The third-order valence-electron chi connectivity index (χ3n) is 6.66. The summed E-state index contributed by atoms with van der Waals surface area (Å²) in [6.07, 6.45) is 0.734. The minimum atomic E-state index is -4.13. The van der Waals surface area contributed by atoms with E-state index in [0.29, 0.717) is 11.4 Å². The zero-order chi connectivity index (χ0) is 29.4. The van der Waals surface area contributed by atoms with Gasteiger partial charge >= 0.3 is 0 Å². The number of amides is 2. The average Bonchev–Trinajstić information content (AvgIpc) is 2.94. The lowest BCUT2D eigenvalue weighted by atomic mass is 10.1. The SMILES string of the molecule is CC[C@@H](C)NC(=O)[C@H](C)N(Cc1cccc(Br)c1)C(=O)CN(c1ccc(OC)cc1)S(=O)(=O)c1ccc(C)cc1. The van der Waals surface area contributed by atoms with Gasteiger partial charge in [0.25, 0.3) is 10.0 Å². The Morgan fingerprint density at radius 1 is 1.00 bits per heavy atom. The fourth-order valence-corrected chi connectivity index (χ4v) is 5.86. The predicted octanol–water partition coefficient (Wildman–Crippen LogP) is 5.29. The molecule has 0 saturated heterocycles. The Morgan fingerprint density at radius 3 is 2.23 bits per heavy atom. The topological polar surface area (TPSA) is 96.0 Å². The molecule has 3 aromatic carbocycles. The third kappa shape index (κ3) is 7.85. The Balaban J connectivity index is 2.03. The third-order valence-corrected chi connectivity index (χ3v) is 8.94. The van der Waals surface area contributed by atoms with E-state index < -0.39 is 28.5 Å². The van der Waals surface area contributed by atoms with Gasteiger partial charge in [0.15, 0.2) is 0 Å². The van der Waals surface area contributed by atoms with E-state index in [2.05, 4.69) is 21.2 Å². The summed E-state index contributed by atoms with van der Waals surface area (Å²) < 4.78 is 34.9. The number of sulfonamides is 1. The van der Waals surface area contributed by atoms with Gasteiger partial charge in [0.1, 0.15) is 18.3 Å². The zero-order valence-electron chi connectivity index (χ0n) is 23.4. The van der Waals surface area contributed by atoms with Crippen LogP contribution in [0, 0.1) is 6.92 Å². The summed E-state index contributed by atoms with van der Waals surface area (Å²) >= 11 is 3.46. The number of ether oxygens (including phenoxy) is 1. The first kappa shape index (κ1) is 31.2. The lowest BCUT2D eigenvalue weighted by Crippen LogP contribution is -2.52. The minimum absolute atomic E-state index is 0.0582. The highest BCUT2D eigenvalue weighted by Gasteiger charge is 2.32. The van der Waals surface area contributed by atoms with E-state index >= 15 is 0 Å². The largest absolute Gasteiger partial charge is 0.497 e. The normalized spacial score (nSPS) is 12.8. The number of methoxy groups -OCH3 is 1. The minimum Gasteiger partial charge on any atom is -0.497 e. The van der Waals surface area contributed by atoms with E-state index in [1.165, 1.54) is 24.1 Å². The molecule has 0 fully saturated rings. The highest BCUT2D eigenvalue weighted by Crippen LogP contribution is 2.27. The van der Waals surface area contributed by atoms with E-state index in [1.807, 2.05) is 45.0 Å². The van der Waals surface area contributed by atoms with Gasteiger partial charge in [0, 0.05) is 17.1 Å². The van der Waals surface area contributed by atoms with Crippen molar-refractivity contribution >= 4 is 43.5 Å². The number of aryl methyl sites for hydroxylation is 1. The van der Waals surface area contributed by atoms with Gasteiger partial charge in [0.05, 0.1) is 17.7 Å². The highest BCUT2D eigenvalue weighted by atomic mass is 79.9. The maximum atomic E-state index is 14.0. The number of carbonyl (C=O) groups is 2. The van der Waals surface area contributed by atoms with Gasteiger partial charge in [-0.2, -0.15) is 0 Å². The Bertz CT molecular complexity index is 1410. The van der Waals surface area contributed by atoms with Gasteiger partial charge in [-0.3, -0.25) is 13.9 Å². The van der Waals surface area contributed by atoms with Crippen LogP contribution in [0.2, 0.25) is 0 Å². The molecule has 0 saturated carbocycles. The second-order valence-electron chi connectivity index (χ2n) is 9.67. The monoisotopic (exact) mass is 629 g/mol. The molecule has 10 heteroatoms. The van der Waals surface area contributed by atoms with Gasteiger partial charge in [-0.15, -0.1) is 0 Å². The summed E-state index contributed by atoms with van der Waals surface area (Å²) in [6, 6.07) is 19.4. The van der Waals surface area contributed by atoms with Crippen molar-refractivity contribution in [1.82, 2.24) is 10.2 Å². The molecule has 2 atom stereocenters. The first-order chi connectivity index (χ1) is 19.0. The zero-order valence-corrected chi connectivity index (χ0v) is 25.8. The molecule has 0 aliphatic carbocycles. The highest BCUT2D eigenvalue weighted by molar-refractivity contribution is 9.10. The van der Waals surface area contributed by atoms with Crippen LogP contribution in [0.3, 0.4) is 0 Å². The molecule has 214 valence electrons. The van der Waals surface area contributed by atoms with Crippen LogP contribution in [-0.4, -0.2) is 50.9 Å². The Kier molecular flexibility index (Phi) is 10.8. The maximum absolute atomic E-state index is 14.0. The van der Waals surface area contributed by atoms with Crippen molar-refractivity contribution in [2.75, 3.05) is 18.0 Å². The smallest absolute Gasteiger partial charge is 0.264 e. The van der Waals surface area contributed by atoms with Crippen molar-refractivity contribution in [3.8, 4) is 5.75 Å². The number of carbonyl (C=O) groups excluding carboxylic acids is 2. The Hall–Kier alpha value is -3.37. The van der Waals surface area contributed by atoms with Crippen LogP contribution >= 0.6 is 15.9 Å². The molecule has 40 heavy (non-hydrogen) atoms. The van der Waals surface area contributed by atoms with E-state index in [-0.39, 0.29) is 23.4 Å². The first-order valence-corrected chi connectivity index (χ1v) is 15.3. The second kappa shape index (κ2) is 13.8. The van der Waals surface area contributed by atoms with Crippen LogP contribution in [0.5, 0.6) is 5.75 Å². The molecule has 0 unspecified atom stereocenters. The number of nitrogens with one attached hydrogen (secondary N) is 1. The standard InChI is InChI=1S/C30H36BrN3O5S/c1-6-22(3)32-30(36)23(4)33(19-24-8-7-9-25(31)18-24)29(35)20-34(26-12-14-27(39-5)15-13-26)40(37,38)28-16-10-21(2)11-17-28/h7-18,22-23H,6,19-20H2,1-5H3,(H,32,36)/t22-,23+/m1/s1. The molecule has 8 nitrogen and oxygen atoms in total. The summed E-state index contributed by atoms with van der Waals surface area (Å²) in [6.45, 7) is 6.99. The molecule has 3 rings (SSSR count). The number of halogens is 1. The summed E-state index contributed by atoms with van der Waals surface area (Å²) in [4.78, 5) is 28.6. The average molecular weight is 631 g/mol.